The van der Waals surface area contributed by atoms with Crippen molar-refractivity contribution in [1.29, 1.82) is 0 Å². The first-order chi connectivity index (χ1) is 14.9. The maximum absolute atomic E-state index is 15.2. The zero-order chi connectivity index (χ0) is 21.9. The molecule has 0 unspecified atom stereocenters. The summed E-state index contributed by atoms with van der Waals surface area (Å²) in [6.07, 6.45) is 1.91. The van der Waals surface area contributed by atoms with Crippen molar-refractivity contribution in [2.24, 2.45) is 0 Å². The van der Waals surface area contributed by atoms with Crippen molar-refractivity contribution in [2.45, 2.75) is 18.9 Å². The highest BCUT2D eigenvalue weighted by Crippen LogP contribution is 2.40. The summed E-state index contributed by atoms with van der Waals surface area (Å²) >= 11 is 0. The fraction of sp³-hybridized carbons (Fsp3) is 0.227. The van der Waals surface area contributed by atoms with Gasteiger partial charge in [0, 0.05) is 18.2 Å². The molecule has 1 aromatic heterocycles. The Morgan fingerprint density at radius 1 is 1.00 bits per heavy atom. The van der Waals surface area contributed by atoms with Crippen molar-refractivity contribution in [3.8, 4) is 5.75 Å². The monoisotopic (exact) mass is 424 g/mol. The Morgan fingerprint density at radius 2 is 1.58 bits per heavy atom. The third kappa shape index (κ3) is 2.80. The number of hydrogen-bond donors (Lipinski definition) is 1. The molecule has 7 nitrogen and oxygen atoms in total. The van der Waals surface area contributed by atoms with E-state index in [-0.39, 0.29) is 23.5 Å². The lowest BCUT2D eigenvalue weighted by Gasteiger charge is -2.42. The van der Waals surface area contributed by atoms with Crippen LogP contribution >= 0.6 is 0 Å². The Labute approximate surface area is 175 Å². The van der Waals surface area contributed by atoms with Crippen molar-refractivity contribution in [3.05, 3.63) is 92.4 Å². The predicted octanol–water partition coefficient (Wildman–Crippen LogP) is 2.10. The Hall–Kier alpha value is -3.75. The molecular weight excluding hydrogens is 406 g/mol. The first-order valence-electron chi connectivity index (χ1n) is 9.76. The van der Waals surface area contributed by atoms with E-state index in [1.807, 2.05) is 0 Å². The SMILES string of the molecule is CN1CN(C2c3c(F)cccc3CCc3cccc(F)c32)n2ncc(=O)c(O)c2C1=O. The second-order valence-electron chi connectivity index (χ2n) is 7.71. The number of aromatic nitrogens is 2. The van der Waals surface area contributed by atoms with E-state index >= 15 is 8.78 Å². The van der Waals surface area contributed by atoms with Crippen molar-refractivity contribution in [1.82, 2.24) is 14.8 Å². The number of benzene rings is 2. The van der Waals surface area contributed by atoms with Crippen molar-refractivity contribution >= 4 is 5.91 Å². The summed E-state index contributed by atoms with van der Waals surface area (Å²) in [6.45, 7) is -0.0621. The lowest BCUT2D eigenvalue weighted by atomic mass is 9.93. The molecule has 1 amide bonds. The highest BCUT2D eigenvalue weighted by molar-refractivity contribution is 5.95. The van der Waals surface area contributed by atoms with Gasteiger partial charge in [-0.1, -0.05) is 24.3 Å². The summed E-state index contributed by atoms with van der Waals surface area (Å²) in [6, 6.07) is 8.47. The summed E-state index contributed by atoms with van der Waals surface area (Å²) in [7, 11) is 1.48. The lowest BCUT2D eigenvalue weighted by Crippen LogP contribution is -2.55. The van der Waals surface area contributed by atoms with E-state index in [0.29, 0.717) is 24.0 Å². The average molecular weight is 424 g/mol. The molecule has 1 N–H and O–H groups in total. The molecule has 0 atom stereocenters. The predicted molar refractivity (Wildman–Crippen MR) is 107 cm³/mol. The third-order valence-corrected chi connectivity index (χ3v) is 5.89. The van der Waals surface area contributed by atoms with Gasteiger partial charge in [-0.25, -0.2) is 8.78 Å². The van der Waals surface area contributed by atoms with Crippen LogP contribution in [0.4, 0.5) is 8.78 Å². The summed E-state index contributed by atoms with van der Waals surface area (Å²) in [4.78, 5) is 27.0. The molecule has 1 aliphatic carbocycles. The maximum Gasteiger partial charge on any atom is 0.279 e. The van der Waals surface area contributed by atoms with Gasteiger partial charge in [0.1, 0.15) is 30.5 Å². The largest absolute Gasteiger partial charge is 0.502 e. The molecule has 2 heterocycles. The van der Waals surface area contributed by atoms with Crippen LogP contribution in [-0.2, 0) is 12.8 Å². The second kappa shape index (κ2) is 6.90. The van der Waals surface area contributed by atoms with Crippen LogP contribution in [0, 0.1) is 11.6 Å². The van der Waals surface area contributed by atoms with Gasteiger partial charge in [0.05, 0.1) is 0 Å². The van der Waals surface area contributed by atoms with Gasteiger partial charge < -0.3 is 10.0 Å². The van der Waals surface area contributed by atoms with E-state index < -0.39 is 34.8 Å². The molecule has 3 aromatic rings. The molecule has 31 heavy (non-hydrogen) atoms. The third-order valence-electron chi connectivity index (χ3n) is 5.89. The number of aryl methyl sites for hydroxylation is 2. The van der Waals surface area contributed by atoms with Crippen LogP contribution in [0.1, 0.15) is 38.8 Å². The van der Waals surface area contributed by atoms with Gasteiger partial charge in [0.2, 0.25) is 5.43 Å². The zero-order valence-corrected chi connectivity index (χ0v) is 16.5. The molecule has 0 spiro atoms. The standard InChI is InChI=1S/C22H18F2N4O3/c1-26-11-27(28-20(22(26)31)21(30)16(29)10-25-28)19-17-12(4-2-6-14(17)23)8-9-13-5-3-7-15(24)18(13)19/h2-7,10,19,30H,8-9,11H2,1H3. The van der Waals surface area contributed by atoms with Crippen LogP contribution < -0.4 is 10.4 Å². The average Bonchev–Trinajstić information content (AvgIpc) is 2.92. The fourth-order valence-electron chi connectivity index (χ4n) is 4.46. The van der Waals surface area contributed by atoms with Crippen LogP contribution in [0.25, 0.3) is 0 Å². The Kier molecular flexibility index (Phi) is 4.28. The normalized spacial score (nSPS) is 15.9. The van der Waals surface area contributed by atoms with Crippen LogP contribution in [0.2, 0.25) is 0 Å². The van der Waals surface area contributed by atoms with E-state index in [1.165, 1.54) is 29.1 Å². The topological polar surface area (TPSA) is 78.7 Å². The van der Waals surface area contributed by atoms with E-state index in [4.69, 9.17) is 0 Å². The van der Waals surface area contributed by atoms with Crippen molar-refractivity contribution in [3.63, 3.8) is 0 Å². The number of aromatic hydroxyl groups is 1. The van der Waals surface area contributed by atoms with Crippen molar-refractivity contribution in [2.75, 3.05) is 18.7 Å². The summed E-state index contributed by atoms with van der Waals surface area (Å²) < 4.78 is 30.4. The zero-order valence-electron chi connectivity index (χ0n) is 16.5. The molecule has 0 saturated heterocycles. The molecule has 9 heteroatoms. The van der Waals surface area contributed by atoms with Crippen LogP contribution in [0.15, 0.2) is 47.4 Å². The second-order valence-corrected chi connectivity index (χ2v) is 7.71. The summed E-state index contributed by atoms with van der Waals surface area (Å²) in [5.74, 6) is -2.39. The minimum atomic E-state index is -0.974. The lowest BCUT2D eigenvalue weighted by molar-refractivity contribution is 0.0715. The highest BCUT2D eigenvalue weighted by Gasteiger charge is 2.40. The minimum Gasteiger partial charge on any atom is -0.502 e. The van der Waals surface area contributed by atoms with Gasteiger partial charge >= 0.3 is 0 Å². The number of carbonyl (C=O) groups is 1. The summed E-state index contributed by atoms with van der Waals surface area (Å²) in [5, 5.41) is 15.8. The van der Waals surface area contributed by atoms with Gasteiger partial charge in [0.25, 0.3) is 5.91 Å². The van der Waals surface area contributed by atoms with E-state index in [0.717, 1.165) is 11.0 Å². The molecule has 0 saturated carbocycles. The molecule has 5 rings (SSSR count). The minimum absolute atomic E-state index is 0.0621. The molecule has 1 aliphatic heterocycles. The number of halogens is 2. The fourth-order valence-corrected chi connectivity index (χ4v) is 4.46. The molecule has 2 aliphatic rings. The number of nitrogens with zero attached hydrogens (tertiary/aromatic N) is 4. The first kappa shape index (κ1) is 19.2. The molecule has 2 aromatic carbocycles. The Bertz CT molecular complexity index is 1240. The number of rotatable bonds is 1. The molecule has 0 fully saturated rings. The number of hydrogen-bond acceptors (Lipinski definition) is 5. The van der Waals surface area contributed by atoms with E-state index in [1.54, 1.807) is 24.3 Å². The van der Waals surface area contributed by atoms with Gasteiger partial charge in [0.15, 0.2) is 11.4 Å². The van der Waals surface area contributed by atoms with Crippen LogP contribution in [0.3, 0.4) is 0 Å². The Morgan fingerprint density at radius 3 is 2.16 bits per heavy atom. The summed E-state index contributed by atoms with van der Waals surface area (Å²) in [5.41, 5.74) is 0.828. The highest BCUT2D eigenvalue weighted by atomic mass is 19.1. The number of carbonyl (C=O) groups excluding carboxylic acids is 1. The van der Waals surface area contributed by atoms with Crippen LogP contribution in [-0.4, -0.2) is 39.5 Å². The molecular formula is C22H18F2N4O3. The quantitative estimate of drug-likeness (QED) is 0.647. The number of amides is 1. The first-order valence-corrected chi connectivity index (χ1v) is 9.76. The number of fused-ring (bicyclic) bond motifs is 3. The molecule has 158 valence electrons. The molecule has 0 radical (unpaired) electrons. The molecule has 0 bridgehead atoms. The van der Waals surface area contributed by atoms with Crippen molar-refractivity contribution < 1.29 is 18.7 Å². The van der Waals surface area contributed by atoms with Gasteiger partial charge in [-0.15, -0.1) is 0 Å². The smallest absolute Gasteiger partial charge is 0.279 e. The van der Waals surface area contributed by atoms with Gasteiger partial charge in [-0.05, 0) is 36.1 Å². The van der Waals surface area contributed by atoms with Gasteiger partial charge in [-0.2, -0.15) is 9.89 Å². The van der Waals surface area contributed by atoms with E-state index in [9.17, 15) is 14.7 Å². The Balaban J connectivity index is 1.84. The van der Waals surface area contributed by atoms with Crippen LogP contribution in [0.5, 0.6) is 5.75 Å². The van der Waals surface area contributed by atoms with Gasteiger partial charge in [-0.3, -0.25) is 14.6 Å². The maximum atomic E-state index is 15.2. The van der Waals surface area contributed by atoms with E-state index in [2.05, 4.69) is 5.10 Å².